The summed E-state index contributed by atoms with van der Waals surface area (Å²) in [5.41, 5.74) is 1.14. The lowest BCUT2D eigenvalue weighted by atomic mass is 9.97. The summed E-state index contributed by atoms with van der Waals surface area (Å²) in [7, 11) is 0. The summed E-state index contributed by atoms with van der Waals surface area (Å²) in [4.78, 5) is 13.0. The lowest BCUT2D eigenvalue weighted by Gasteiger charge is -2.22. The number of carbonyl (C=O) groups is 1. The van der Waals surface area contributed by atoms with E-state index in [0.29, 0.717) is 17.5 Å². The monoisotopic (exact) mass is 452 g/mol. The lowest BCUT2D eigenvalue weighted by Crippen LogP contribution is -2.34. The summed E-state index contributed by atoms with van der Waals surface area (Å²) in [6.07, 6.45) is 4.77. The van der Waals surface area contributed by atoms with Crippen LogP contribution in [0.4, 0.5) is 8.78 Å². The molecule has 1 aromatic rings. The molecule has 0 saturated carbocycles. The first-order chi connectivity index (χ1) is 15.0. The third-order valence-corrected chi connectivity index (χ3v) is 5.64. The highest BCUT2D eigenvalue weighted by atomic mass is 19.3. The fourth-order valence-electron chi connectivity index (χ4n) is 3.92. The molecule has 0 radical (unpaired) electrons. The molecule has 0 amide bonds. The standard InChI is InChI=1S/C24H30F2O6/c1-13-9-10-18(27)21-19(31-24(4,5)32-21)8-6-7-16-12-17(30-23(25)26)11-14(2)20(16)22(28)29-15(13)3/h6-7,9-13,15,18-19,21,23,27H,8H2,1-5H3/b7-6+,10-9-/t13-,15+,18?,19+,21-/m1/s1. The summed E-state index contributed by atoms with van der Waals surface area (Å²) >= 11 is 0. The Morgan fingerprint density at radius 3 is 2.59 bits per heavy atom. The van der Waals surface area contributed by atoms with Crippen LogP contribution in [0.2, 0.25) is 0 Å². The number of ether oxygens (including phenoxy) is 4. The first kappa shape index (κ1) is 24.4. The van der Waals surface area contributed by atoms with Gasteiger partial charge < -0.3 is 24.1 Å². The molecule has 32 heavy (non-hydrogen) atoms. The average Bonchev–Trinajstić information content (AvgIpc) is 2.98. The normalized spacial score (nSPS) is 32.4. The second-order valence-corrected chi connectivity index (χ2v) is 8.70. The molecule has 6 nitrogen and oxygen atoms in total. The van der Waals surface area contributed by atoms with Crippen LogP contribution in [0.3, 0.4) is 0 Å². The molecule has 8 heteroatoms. The number of alkyl halides is 2. The van der Waals surface area contributed by atoms with E-state index in [-0.39, 0.29) is 17.2 Å². The minimum absolute atomic E-state index is 0.0472. The Kier molecular flexibility index (Phi) is 7.37. The molecule has 3 rings (SSSR count). The van der Waals surface area contributed by atoms with Gasteiger partial charge in [0.25, 0.3) is 0 Å². The number of carbonyl (C=O) groups excluding carboxylic acids is 1. The second kappa shape index (κ2) is 9.68. The molecule has 176 valence electrons. The zero-order chi connectivity index (χ0) is 23.6. The number of cyclic esters (lactones) is 1. The fourth-order valence-corrected chi connectivity index (χ4v) is 3.92. The van der Waals surface area contributed by atoms with E-state index in [4.69, 9.17) is 14.2 Å². The van der Waals surface area contributed by atoms with Crippen molar-refractivity contribution < 1.29 is 37.6 Å². The molecule has 0 aliphatic carbocycles. The molecule has 1 unspecified atom stereocenters. The third kappa shape index (κ3) is 5.74. The molecule has 1 N–H and O–H groups in total. The van der Waals surface area contributed by atoms with Crippen LogP contribution < -0.4 is 4.74 Å². The average molecular weight is 452 g/mol. The van der Waals surface area contributed by atoms with Gasteiger partial charge in [0.15, 0.2) is 5.79 Å². The van der Waals surface area contributed by atoms with Gasteiger partial charge in [0.1, 0.15) is 24.1 Å². The quantitative estimate of drug-likeness (QED) is 0.521. The predicted molar refractivity (Wildman–Crippen MR) is 114 cm³/mol. The first-order valence-corrected chi connectivity index (χ1v) is 10.7. The molecule has 0 aromatic heterocycles. The van der Waals surface area contributed by atoms with Crippen LogP contribution in [-0.2, 0) is 14.2 Å². The first-order valence-electron chi connectivity index (χ1n) is 10.7. The predicted octanol–water partition coefficient (Wildman–Crippen LogP) is 4.63. The number of aryl methyl sites for hydroxylation is 1. The van der Waals surface area contributed by atoms with Crippen LogP contribution in [-0.4, -0.2) is 47.9 Å². The number of aliphatic hydroxyl groups excluding tert-OH is 1. The molecule has 0 spiro atoms. The van der Waals surface area contributed by atoms with Gasteiger partial charge in [0, 0.05) is 5.92 Å². The second-order valence-electron chi connectivity index (χ2n) is 8.70. The van der Waals surface area contributed by atoms with Crippen molar-refractivity contribution in [2.45, 2.75) is 77.9 Å². The number of halogens is 2. The van der Waals surface area contributed by atoms with Gasteiger partial charge >= 0.3 is 12.6 Å². The van der Waals surface area contributed by atoms with E-state index in [1.165, 1.54) is 12.1 Å². The van der Waals surface area contributed by atoms with Gasteiger partial charge in [-0.3, -0.25) is 0 Å². The van der Waals surface area contributed by atoms with Gasteiger partial charge in [-0.15, -0.1) is 0 Å². The molecule has 2 heterocycles. The van der Waals surface area contributed by atoms with E-state index in [1.807, 2.05) is 6.92 Å². The fraction of sp³-hybridized carbons (Fsp3) is 0.542. The van der Waals surface area contributed by atoms with E-state index < -0.39 is 42.8 Å². The third-order valence-electron chi connectivity index (χ3n) is 5.64. The summed E-state index contributed by atoms with van der Waals surface area (Å²) in [5, 5.41) is 10.7. The molecular weight excluding hydrogens is 422 g/mol. The molecule has 5 atom stereocenters. The molecule has 1 saturated heterocycles. The highest BCUT2D eigenvalue weighted by Gasteiger charge is 2.43. The Balaban J connectivity index is 2.03. The summed E-state index contributed by atoms with van der Waals surface area (Å²) in [5.74, 6) is -1.66. The van der Waals surface area contributed by atoms with Gasteiger partial charge in [-0.2, -0.15) is 8.78 Å². The van der Waals surface area contributed by atoms with Crippen LogP contribution >= 0.6 is 0 Å². The van der Waals surface area contributed by atoms with Gasteiger partial charge in [0.05, 0.1) is 11.7 Å². The summed E-state index contributed by atoms with van der Waals surface area (Å²) < 4.78 is 47.6. The lowest BCUT2D eigenvalue weighted by molar-refractivity contribution is -0.152. The van der Waals surface area contributed by atoms with Gasteiger partial charge in [0.2, 0.25) is 0 Å². The molecule has 2 aliphatic heterocycles. The minimum Gasteiger partial charge on any atom is -0.458 e. The van der Waals surface area contributed by atoms with Crippen LogP contribution in [0.5, 0.6) is 5.75 Å². The van der Waals surface area contributed by atoms with Gasteiger partial charge in [-0.1, -0.05) is 31.2 Å². The zero-order valence-corrected chi connectivity index (χ0v) is 18.9. The highest BCUT2D eigenvalue weighted by molar-refractivity contribution is 5.95. The molecule has 1 aromatic carbocycles. The van der Waals surface area contributed by atoms with Crippen molar-refractivity contribution in [3.05, 3.63) is 47.1 Å². The Labute approximate surface area is 186 Å². The molecular formula is C24H30F2O6. The van der Waals surface area contributed by atoms with Crippen molar-refractivity contribution >= 4 is 12.0 Å². The van der Waals surface area contributed by atoms with Crippen molar-refractivity contribution in [2.24, 2.45) is 5.92 Å². The van der Waals surface area contributed by atoms with Gasteiger partial charge in [-0.05, 0) is 57.4 Å². The number of fused-ring (bicyclic) bond motifs is 2. The number of hydrogen-bond donors (Lipinski definition) is 1. The van der Waals surface area contributed by atoms with Crippen LogP contribution in [0.15, 0.2) is 30.4 Å². The maximum absolute atomic E-state index is 13.0. The van der Waals surface area contributed by atoms with Crippen molar-refractivity contribution in [1.29, 1.82) is 0 Å². The Bertz CT molecular complexity index is 895. The molecule has 2 aliphatic rings. The highest BCUT2D eigenvalue weighted by Crippen LogP contribution is 2.33. The van der Waals surface area contributed by atoms with Crippen molar-refractivity contribution in [2.75, 3.05) is 0 Å². The Hall–Kier alpha value is -2.29. The van der Waals surface area contributed by atoms with Gasteiger partial charge in [-0.25, -0.2) is 4.79 Å². The zero-order valence-electron chi connectivity index (χ0n) is 18.9. The molecule has 0 bridgehead atoms. The number of esters is 1. The minimum atomic E-state index is -2.98. The maximum atomic E-state index is 13.0. The smallest absolute Gasteiger partial charge is 0.387 e. The van der Waals surface area contributed by atoms with E-state index in [1.54, 1.807) is 52.0 Å². The topological polar surface area (TPSA) is 74.2 Å². The summed E-state index contributed by atoms with van der Waals surface area (Å²) in [6.45, 7) is 5.84. The van der Waals surface area contributed by atoms with Crippen LogP contribution in [0.1, 0.15) is 55.6 Å². The number of hydrogen-bond acceptors (Lipinski definition) is 6. The van der Waals surface area contributed by atoms with E-state index >= 15 is 0 Å². The SMILES string of the molecule is Cc1cc(OC(F)F)cc2c1C(=O)O[C@@H](C)[C@H](C)/C=C\C(O)[C@H]1OC(C)(C)O[C@H]1C/C=C/2. The maximum Gasteiger partial charge on any atom is 0.387 e. The van der Waals surface area contributed by atoms with Crippen LogP contribution in [0.25, 0.3) is 6.08 Å². The van der Waals surface area contributed by atoms with E-state index in [2.05, 4.69) is 4.74 Å². The Morgan fingerprint density at radius 1 is 1.19 bits per heavy atom. The number of aliphatic hydroxyl groups is 1. The van der Waals surface area contributed by atoms with Crippen molar-refractivity contribution in [3.8, 4) is 5.75 Å². The van der Waals surface area contributed by atoms with E-state index in [9.17, 15) is 18.7 Å². The van der Waals surface area contributed by atoms with E-state index in [0.717, 1.165) is 0 Å². The Morgan fingerprint density at radius 2 is 1.91 bits per heavy atom. The number of rotatable bonds is 2. The van der Waals surface area contributed by atoms with Crippen LogP contribution in [0, 0.1) is 12.8 Å². The summed E-state index contributed by atoms with van der Waals surface area (Å²) in [6, 6.07) is 2.77. The molecule has 1 fully saturated rings. The van der Waals surface area contributed by atoms with Crippen molar-refractivity contribution in [3.63, 3.8) is 0 Å². The van der Waals surface area contributed by atoms with Crippen molar-refractivity contribution in [1.82, 2.24) is 0 Å². The number of benzene rings is 1. The largest absolute Gasteiger partial charge is 0.458 e.